The molecule has 118 valence electrons. The highest BCUT2D eigenvalue weighted by atomic mass is 35.5. The second-order valence-electron chi connectivity index (χ2n) is 4.38. The molecular formula is C13H12Cl2FN3O2S. The summed E-state index contributed by atoms with van der Waals surface area (Å²) in [5.74, 6) is -0.754. The maximum atomic E-state index is 13.0. The molecule has 0 aliphatic rings. The summed E-state index contributed by atoms with van der Waals surface area (Å²) >= 11 is 12.2. The maximum absolute atomic E-state index is 13.0. The molecule has 9 heteroatoms. The van der Waals surface area contributed by atoms with E-state index in [2.05, 4.69) is 15.5 Å². The second kappa shape index (κ2) is 7.82. The quantitative estimate of drug-likeness (QED) is 0.773. The minimum absolute atomic E-state index is 0.455. The van der Waals surface area contributed by atoms with Crippen LogP contribution in [0.5, 0.6) is 0 Å². The summed E-state index contributed by atoms with van der Waals surface area (Å²) in [6, 6.07) is 5.62. The number of carbonyl (C=O) groups excluding carboxylic acids is 1. The van der Waals surface area contributed by atoms with E-state index >= 15 is 0 Å². The number of hydrogen-bond acceptors (Lipinski definition) is 5. The predicted octanol–water partition coefficient (Wildman–Crippen LogP) is 2.50. The standard InChI is InChI=1S/C13H12Cl2FN3O2S/c14-11(15)12(21)18-9(5-16)10(20)7-1-3-8(4-2-7)13-19-17-6-22-13/h1-4,6,9-11,20H,5H2,(H,18,21)/t9-,10-/m1/s1. The zero-order chi connectivity index (χ0) is 16.1. The molecule has 2 atom stereocenters. The lowest BCUT2D eigenvalue weighted by atomic mass is 10.0. The van der Waals surface area contributed by atoms with Gasteiger partial charge in [-0.3, -0.25) is 4.79 Å². The number of aliphatic hydroxyl groups excluding tert-OH is 1. The molecule has 0 radical (unpaired) electrons. The smallest absolute Gasteiger partial charge is 0.253 e. The van der Waals surface area contributed by atoms with Crippen LogP contribution in [0.2, 0.25) is 0 Å². The van der Waals surface area contributed by atoms with Crippen molar-refractivity contribution in [2.45, 2.75) is 17.0 Å². The van der Waals surface area contributed by atoms with Crippen LogP contribution in [0, 0.1) is 0 Å². The molecule has 0 unspecified atom stereocenters. The number of nitrogens with one attached hydrogen (secondary N) is 1. The number of nitrogens with zero attached hydrogens (tertiary/aromatic N) is 2. The van der Waals surface area contributed by atoms with Crippen LogP contribution in [0.1, 0.15) is 11.7 Å². The number of rotatable bonds is 6. The van der Waals surface area contributed by atoms with Gasteiger partial charge in [-0.15, -0.1) is 10.2 Å². The Hall–Kier alpha value is -1.28. The summed E-state index contributed by atoms with van der Waals surface area (Å²) < 4.78 is 13.0. The number of aromatic nitrogens is 2. The molecule has 0 aliphatic heterocycles. The van der Waals surface area contributed by atoms with Gasteiger partial charge in [-0.2, -0.15) is 0 Å². The predicted molar refractivity (Wildman–Crippen MR) is 83.7 cm³/mol. The van der Waals surface area contributed by atoms with Gasteiger partial charge in [0, 0.05) is 5.56 Å². The minimum atomic E-state index is -1.32. The van der Waals surface area contributed by atoms with Crippen LogP contribution in [-0.2, 0) is 4.79 Å². The highest BCUT2D eigenvalue weighted by molar-refractivity contribution is 7.12. The summed E-state index contributed by atoms with van der Waals surface area (Å²) in [5.41, 5.74) is 2.90. The highest BCUT2D eigenvalue weighted by Gasteiger charge is 2.25. The van der Waals surface area contributed by atoms with Crippen LogP contribution in [-0.4, -0.2) is 38.8 Å². The van der Waals surface area contributed by atoms with Crippen LogP contribution < -0.4 is 5.32 Å². The summed E-state index contributed by atoms with van der Waals surface area (Å²) in [5, 5.41) is 20.8. The zero-order valence-electron chi connectivity index (χ0n) is 11.1. The first kappa shape index (κ1) is 17.1. The number of amides is 1. The monoisotopic (exact) mass is 363 g/mol. The Bertz CT molecular complexity index is 610. The van der Waals surface area contributed by atoms with Gasteiger partial charge in [0.2, 0.25) is 0 Å². The number of aliphatic hydroxyl groups is 1. The number of hydrogen-bond donors (Lipinski definition) is 2. The number of benzene rings is 1. The molecule has 0 spiro atoms. The van der Waals surface area contributed by atoms with Gasteiger partial charge in [0.25, 0.3) is 5.91 Å². The van der Waals surface area contributed by atoms with Gasteiger partial charge in [0.1, 0.15) is 23.3 Å². The van der Waals surface area contributed by atoms with Crippen molar-refractivity contribution in [2.24, 2.45) is 0 Å². The third kappa shape index (κ3) is 4.13. The third-order valence-corrected chi connectivity index (χ3v) is 4.07. The molecule has 2 N–H and O–H groups in total. The normalized spacial score (nSPS) is 13.9. The minimum Gasteiger partial charge on any atom is -0.386 e. The van der Waals surface area contributed by atoms with Crippen molar-refractivity contribution >= 4 is 40.4 Å². The van der Waals surface area contributed by atoms with Crippen molar-refractivity contribution < 1.29 is 14.3 Å². The van der Waals surface area contributed by atoms with Gasteiger partial charge < -0.3 is 10.4 Å². The Labute approximate surface area is 140 Å². The maximum Gasteiger partial charge on any atom is 0.253 e. The van der Waals surface area contributed by atoms with Crippen LogP contribution >= 0.6 is 34.5 Å². The molecular weight excluding hydrogens is 352 g/mol. The first-order chi connectivity index (χ1) is 10.5. The molecule has 2 aromatic rings. The molecule has 1 heterocycles. The molecule has 0 fully saturated rings. The first-order valence-corrected chi connectivity index (χ1v) is 7.97. The topological polar surface area (TPSA) is 75.1 Å². The zero-order valence-corrected chi connectivity index (χ0v) is 13.4. The third-order valence-electron chi connectivity index (χ3n) is 2.93. The van der Waals surface area contributed by atoms with E-state index in [0.717, 1.165) is 10.6 Å². The van der Waals surface area contributed by atoms with E-state index in [1.165, 1.54) is 11.3 Å². The summed E-state index contributed by atoms with van der Waals surface area (Å²) in [6.45, 7) is -0.953. The average Bonchev–Trinajstić information content (AvgIpc) is 3.06. The molecule has 1 aromatic carbocycles. The van der Waals surface area contributed by atoms with Gasteiger partial charge in [-0.1, -0.05) is 58.8 Å². The van der Waals surface area contributed by atoms with Crippen LogP contribution in [0.25, 0.3) is 10.6 Å². The number of alkyl halides is 3. The fraction of sp³-hybridized carbons (Fsp3) is 0.308. The van der Waals surface area contributed by atoms with E-state index in [4.69, 9.17) is 23.2 Å². The van der Waals surface area contributed by atoms with Crippen molar-refractivity contribution in [2.75, 3.05) is 6.67 Å². The largest absolute Gasteiger partial charge is 0.386 e. The van der Waals surface area contributed by atoms with Crippen molar-refractivity contribution in [1.29, 1.82) is 0 Å². The van der Waals surface area contributed by atoms with Crippen LogP contribution in [0.4, 0.5) is 4.39 Å². The van der Waals surface area contributed by atoms with Crippen molar-refractivity contribution in [3.63, 3.8) is 0 Å². The molecule has 0 saturated heterocycles. The first-order valence-electron chi connectivity index (χ1n) is 6.22. The second-order valence-corrected chi connectivity index (χ2v) is 6.31. The fourth-order valence-electron chi connectivity index (χ4n) is 1.80. The molecule has 22 heavy (non-hydrogen) atoms. The molecule has 1 aromatic heterocycles. The summed E-state index contributed by atoms with van der Waals surface area (Å²) in [6.07, 6.45) is -1.22. The van der Waals surface area contributed by atoms with Gasteiger partial charge >= 0.3 is 0 Å². The van der Waals surface area contributed by atoms with E-state index in [1.807, 2.05) is 0 Å². The number of carbonyl (C=O) groups is 1. The fourth-order valence-corrected chi connectivity index (χ4v) is 2.49. The molecule has 2 rings (SSSR count). The number of halogens is 3. The lowest BCUT2D eigenvalue weighted by molar-refractivity contribution is -0.121. The lowest BCUT2D eigenvalue weighted by Crippen LogP contribution is -2.43. The lowest BCUT2D eigenvalue weighted by Gasteiger charge is -2.22. The Morgan fingerprint density at radius 2 is 2.05 bits per heavy atom. The Morgan fingerprint density at radius 3 is 2.55 bits per heavy atom. The van der Waals surface area contributed by atoms with Gasteiger partial charge in [0.05, 0.1) is 6.04 Å². The Morgan fingerprint density at radius 1 is 1.36 bits per heavy atom. The van der Waals surface area contributed by atoms with Gasteiger partial charge in [-0.05, 0) is 5.56 Å². The molecule has 5 nitrogen and oxygen atoms in total. The van der Waals surface area contributed by atoms with E-state index < -0.39 is 29.6 Å². The van der Waals surface area contributed by atoms with E-state index in [1.54, 1.807) is 29.8 Å². The van der Waals surface area contributed by atoms with E-state index in [0.29, 0.717) is 5.56 Å². The van der Waals surface area contributed by atoms with Crippen molar-refractivity contribution in [3.05, 3.63) is 35.3 Å². The van der Waals surface area contributed by atoms with Crippen LogP contribution in [0.3, 0.4) is 0 Å². The summed E-state index contributed by atoms with van der Waals surface area (Å²) in [4.78, 5) is 10.1. The Balaban J connectivity index is 2.10. The highest BCUT2D eigenvalue weighted by Crippen LogP contribution is 2.24. The van der Waals surface area contributed by atoms with E-state index in [9.17, 15) is 14.3 Å². The average molecular weight is 364 g/mol. The molecule has 0 saturated carbocycles. The van der Waals surface area contributed by atoms with Crippen molar-refractivity contribution in [3.8, 4) is 10.6 Å². The van der Waals surface area contributed by atoms with Gasteiger partial charge in [0.15, 0.2) is 4.84 Å². The van der Waals surface area contributed by atoms with Crippen LogP contribution in [0.15, 0.2) is 29.8 Å². The summed E-state index contributed by atoms with van der Waals surface area (Å²) in [7, 11) is 0. The molecule has 0 bridgehead atoms. The molecule has 0 aliphatic carbocycles. The van der Waals surface area contributed by atoms with Gasteiger partial charge in [-0.25, -0.2) is 4.39 Å². The Kier molecular flexibility index (Phi) is 6.07. The molecule has 1 amide bonds. The van der Waals surface area contributed by atoms with Crippen molar-refractivity contribution in [1.82, 2.24) is 15.5 Å². The van der Waals surface area contributed by atoms with E-state index in [-0.39, 0.29) is 0 Å². The SMILES string of the molecule is O=C(N[C@H](CF)[C@H](O)c1ccc(-c2nncs2)cc1)C(Cl)Cl.